The van der Waals surface area contributed by atoms with E-state index in [2.05, 4.69) is 72.5 Å². The fraction of sp³-hybridized carbons (Fsp3) is 0.850. The Morgan fingerprint density at radius 2 is 1.96 bits per heavy atom. The molecule has 3 aliphatic heterocycles. The zero-order valence-electron chi connectivity index (χ0n) is 15.8. The van der Waals surface area contributed by atoms with Crippen molar-refractivity contribution in [1.82, 2.24) is 0 Å². The minimum Gasteiger partial charge on any atom is -0.456 e. The average molecular weight is 588 g/mol. The van der Waals surface area contributed by atoms with E-state index in [4.69, 9.17) is 9.47 Å². The van der Waals surface area contributed by atoms with Gasteiger partial charge < -0.3 is 14.6 Å². The third-order valence-electron chi connectivity index (χ3n) is 6.70. The number of aliphatic hydroxyl groups excluding tert-OH is 1. The fourth-order valence-electron chi connectivity index (χ4n) is 4.63. The number of hydrogen-bond acceptors (Lipinski definition) is 4. The molecule has 3 aliphatic rings. The molecule has 0 aliphatic carbocycles. The van der Waals surface area contributed by atoms with Crippen LogP contribution in [0.15, 0.2) is 12.2 Å². The second-order valence-corrected chi connectivity index (χ2v) is 12.8. The van der Waals surface area contributed by atoms with Gasteiger partial charge in [0.05, 0.1) is 17.8 Å². The molecule has 0 aromatic carbocycles. The van der Waals surface area contributed by atoms with Crippen molar-refractivity contribution >= 4 is 51.2 Å². The van der Waals surface area contributed by atoms with Gasteiger partial charge in [-0.2, -0.15) is 0 Å². The molecule has 3 saturated heterocycles. The predicted molar refractivity (Wildman–Crippen MR) is 119 cm³/mol. The van der Waals surface area contributed by atoms with Gasteiger partial charge in [-0.15, -0.1) is 0 Å². The summed E-state index contributed by atoms with van der Waals surface area (Å²) in [5.74, 6) is -0.388. The highest BCUT2D eigenvalue weighted by molar-refractivity contribution is 14.1. The quantitative estimate of drug-likeness (QED) is 0.195. The molecule has 3 fully saturated rings. The predicted octanol–water partition coefficient (Wildman–Crippen LogP) is 4.59. The summed E-state index contributed by atoms with van der Waals surface area (Å²) in [5.41, 5.74) is 0.299. The highest BCUT2D eigenvalue weighted by Gasteiger charge is 2.51. The average Bonchev–Trinajstić information content (AvgIpc) is 3.10. The molecule has 0 spiro atoms. The Bertz CT molecular complexity index is 578. The maximum Gasteiger partial charge on any atom is 0.334 e. The first-order chi connectivity index (χ1) is 12.0. The van der Waals surface area contributed by atoms with E-state index in [-0.39, 0.29) is 36.9 Å². The standard InChI is InChI=1S/C20H30I2O4/c1-11-6-5-8-19(3,22)15-7-9-20(4,26-15)14(21)10-13-12(2)18(24)25-17(13)16(11)23/h11,13-17,23H,2,5-10H2,1,3-4H3/t11-,13+,14+,15-,16+,17-,19+,20-/m1/s1. The van der Waals surface area contributed by atoms with Crippen LogP contribution in [-0.4, -0.2) is 42.3 Å². The largest absolute Gasteiger partial charge is 0.456 e. The second kappa shape index (κ2) is 7.78. The molecule has 1 N–H and O–H groups in total. The van der Waals surface area contributed by atoms with Crippen LogP contribution >= 0.6 is 45.2 Å². The Hall–Kier alpha value is 0.590. The van der Waals surface area contributed by atoms with Gasteiger partial charge >= 0.3 is 5.97 Å². The van der Waals surface area contributed by atoms with Gasteiger partial charge in [0.25, 0.3) is 0 Å². The van der Waals surface area contributed by atoms with Crippen molar-refractivity contribution in [3.8, 4) is 0 Å². The minimum atomic E-state index is -0.640. The van der Waals surface area contributed by atoms with Crippen LogP contribution in [0.2, 0.25) is 0 Å². The summed E-state index contributed by atoms with van der Waals surface area (Å²) in [4.78, 5) is 12.1. The van der Waals surface area contributed by atoms with Crippen molar-refractivity contribution < 1.29 is 19.4 Å². The summed E-state index contributed by atoms with van der Waals surface area (Å²) in [6, 6.07) is 0. The van der Waals surface area contributed by atoms with Crippen molar-refractivity contribution in [3.63, 3.8) is 0 Å². The van der Waals surface area contributed by atoms with E-state index in [1.165, 1.54) is 0 Å². The van der Waals surface area contributed by atoms with Crippen LogP contribution in [-0.2, 0) is 14.3 Å². The third kappa shape index (κ3) is 3.99. The number of carbonyl (C=O) groups excluding carboxylic acids is 1. The van der Waals surface area contributed by atoms with Gasteiger partial charge in [-0.3, -0.25) is 0 Å². The van der Waals surface area contributed by atoms with E-state index in [1.54, 1.807) is 0 Å². The molecule has 4 nitrogen and oxygen atoms in total. The molecule has 0 aromatic heterocycles. The maximum absolute atomic E-state index is 12.1. The number of hydrogen-bond donors (Lipinski definition) is 1. The number of alkyl halides is 2. The third-order valence-corrected chi connectivity index (χ3v) is 9.76. The molecule has 2 bridgehead atoms. The Labute approximate surface area is 184 Å². The lowest BCUT2D eigenvalue weighted by Gasteiger charge is -2.36. The van der Waals surface area contributed by atoms with Gasteiger partial charge in [-0.1, -0.05) is 65.1 Å². The van der Waals surface area contributed by atoms with E-state index in [0.717, 1.165) is 38.5 Å². The molecular formula is C20H30I2O4. The zero-order valence-corrected chi connectivity index (χ0v) is 20.2. The number of rotatable bonds is 0. The van der Waals surface area contributed by atoms with Crippen molar-refractivity contribution in [2.75, 3.05) is 0 Å². The first-order valence-electron chi connectivity index (χ1n) is 9.64. The Kier molecular flexibility index (Phi) is 6.38. The van der Waals surface area contributed by atoms with Crippen LogP contribution in [0.5, 0.6) is 0 Å². The van der Waals surface area contributed by atoms with Gasteiger partial charge in [-0.25, -0.2) is 4.79 Å². The lowest BCUT2D eigenvalue weighted by atomic mass is 9.81. The normalized spacial score (nSPS) is 50.4. The number of carbonyl (C=O) groups is 1. The van der Waals surface area contributed by atoms with E-state index >= 15 is 0 Å². The molecular weight excluding hydrogens is 558 g/mol. The molecule has 26 heavy (non-hydrogen) atoms. The Morgan fingerprint density at radius 1 is 1.27 bits per heavy atom. The van der Waals surface area contributed by atoms with Gasteiger partial charge in [0, 0.05) is 18.8 Å². The highest BCUT2D eigenvalue weighted by Crippen LogP contribution is 2.48. The summed E-state index contributed by atoms with van der Waals surface area (Å²) >= 11 is 5.04. The molecule has 3 heterocycles. The van der Waals surface area contributed by atoms with Crippen LogP contribution in [0.25, 0.3) is 0 Å². The molecule has 3 rings (SSSR count). The second-order valence-electron chi connectivity index (χ2n) is 8.80. The molecule has 8 atom stereocenters. The first-order valence-corrected chi connectivity index (χ1v) is 12.0. The van der Waals surface area contributed by atoms with Gasteiger partial charge in [0.15, 0.2) is 0 Å². The number of halogens is 2. The van der Waals surface area contributed by atoms with E-state index in [1.807, 2.05) is 0 Å². The van der Waals surface area contributed by atoms with Crippen LogP contribution in [0.4, 0.5) is 0 Å². The number of aliphatic hydroxyl groups is 1. The van der Waals surface area contributed by atoms with Crippen molar-refractivity contribution in [1.29, 1.82) is 0 Å². The van der Waals surface area contributed by atoms with E-state index < -0.39 is 12.2 Å². The van der Waals surface area contributed by atoms with E-state index in [9.17, 15) is 9.90 Å². The molecule has 0 aromatic rings. The van der Waals surface area contributed by atoms with Gasteiger partial charge in [0.2, 0.25) is 0 Å². The maximum atomic E-state index is 12.1. The monoisotopic (exact) mass is 588 g/mol. The lowest BCUT2D eigenvalue weighted by molar-refractivity contribution is -0.146. The molecule has 0 unspecified atom stereocenters. The van der Waals surface area contributed by atoms with Crippen LogP contribution in [0.1, 0.15) is 59.3 Å². The zero-order chi connectivity index (χ0) is 19.3. The van der Waals surface area contributed by atoms with Crippen molar-refractivity contribution in [2.24, 2.45) is 11.8 Å². The summed E-state index contributed by atoms with van der Waals surface area (Å²) < 4.78 is 12.5. The first kappa shape index (κ1) is 21.3. The van der Waals surface area contributed by atoms with Crippen LogP contribution in [0, 0.1) is 11.8 Å². The molecule has 0 saturated carbocycles. The van der Waals surface area contributed by atoms with Crippen molar-refractivity contribution in [2.45, 2.75) is 90.6 Å². The molecule has 6 heteroatoms. The highest BCUT2D eigenvalue weighted by atomic mass is 127. The topological polar surface area (TPSA) is 55.8 Å². The summed E-state index contributed by atoms with van der Waals surface area (Å²) in [6.45, 7) is 10.5. The van der Waals surface area contributed by atoms with Crippen molar-refractivity contribution in [3.05, 3.63) is 12.2 Å². The van der Waals surface area contributed by atoms with Gasteiger partial charge in [0.1, 0.15) is 6.10 Å². The summed E-state index contributed by atoms with van der Waals surface area (Å²) in [5, 5.41) is 10.9. The smallest absolute Gasteiger partial charge is 0.334 e. The van der Waals surface area contributed by atoms with Crippen LogP contribution < -0.4 is 0 Å². The fourth-order valence-corrected chi connectivity index (χ4v) is 6.45. The summed E-state index contributed by atoms with van der Waals surface area (Å²) in [6.07, 6.45) is 5.03. The molecule has 0 amide bonds. The molecule has 148 valence electrons. The lowest BCUT2D eigenvalue weighted by Crippen LogP contribution is -2.42. The van der Waals surface area contributed by atoms with Gasteiger partial charge in [-0.05, 0) is 51.9 Å². The SMILES string of the molecule is C=C1C(=O)O[C@H]2[C@@H](O)[C@H](C)CCC[C@](C)(I)[C@H]3CC[C@@](C)(O3)[C@@H](I)C[C@@H]12. The Balaban J connectivity index is 1.90. The summed E-state index contributed by atoms with van der Waals surface area (Å²) in [7, 11) is 0. The Morgan fingerprint density at radius 3 is 2.65 bits per heavy atom. The van der Waals surface area contributed by atoms with E-state index in [0.29, 0.717) is 5.57 Å². The number of esters is 1. The van der Waals surface area contributed by atoms with Crippen LogP contribution in [0.3, 0.4) is 0 Å². The number of ether oxygens (including phenoxy) is 2. The minimum absolute atomic E-state index is 0.0931. The molecule has 0 radical (unpaired) electrons. The number of fused-ring (bicyclic) bond motifs is 3.